The molecule has 1 rings (SSSR count). The summed E-state index contributed by atoms with van der Waals surface area (Å²) < 4.78 is 5.56. The fourth-order valence-corrected chi connectivity index (χ4v) is 1.39. The Hall–Kier alpha value is 0.180. The van der Waals surface area contributed by atoms with Gasteiger partial charge in [0.25, 0.3) is 0 Å². The molecule has 2 unspecified atom stereocenters. The molecule has 1 aliphatic rings. The predicted octanol–water partition coefficient (Wildman–Crippen LogP) is 2.51. The van der Waals surface area contributed by atoms with Crippen LogP contribution in [0.25, 0.3) is 0 Å². The van der Waals surface area contributed by atoms with Gasteiger partial charge < -0.3 is 4.74 Å². The van der Waals surface area contributed by atoms with Crippen molar-refractivity contribution in [2.45, 2.75) is 32.0 Å². The van der Waals surface area contributed by atoms with Crippen LogP contribution in [0, 0.1) is 0 Å². The van der Waals surface area contributed by atoms with Gasteiger partial charge in [0.1, 0.15) is 0 Å². The van der Waals surface area contributed by atoms with E-state index in [1.807, 2.05) is 0 Å². The van der Waals surface area contributed by atoms with Crippen molar-refractivity contribution in [1.29, 1.82) is 0 Å². The average Bonchev–Trinajstić information content (AvgIpc) is 2.31. The smallest absolute Gasteiger partial charge is 0.0760 e. The molecule has 0 aromatic carbocycles. The second-order valence-electron chi connectivity index (χ2n) is 2.64. The molecule has 0 aromatic rings. The molecule has 0 amide bonds. The van der Waals surface area contributed by atoms with E-state index >= 15 is 0 Å². The van der Waals surface area contributed by atoms with Gasteiger partial charge >= 0.3 is 0 Å². The van der Waals surface area contributed by atoms with Gasteiger partial charge in [-0.2, -0.15) is 0 Å². The van der Waals surface area contributed by atoms with Gasteiger partial charge in [0, 0.05) is 5.33 Å². The topological polar surface area (TPSA) is 9.23 Å². The second kappa shape index (κ2) is 4.14. The quantitative estimate of drug-likeness (QED) is 0.497. The monoisotopic (exact) mass is 204 g/mol. The van der Waals surface area contributed by atoms with Gasteiger partial charge in [-0.25, -0.2) is 0 Å². The predicted molar refractivity (Wildman–Crippen MR) is 46.5 cm³/mol. The number of alkyl halides is 1. The third-order valence-corrected chi connectivity index (χ3v) is 2.08. The largest absolute Gasteiger partial charge is 0.371 e. The zero-order chi connectivity index (χ0) is 7.40. The van der Waals surface area contributed by atoms with E-state index in [1.54, 1.807) is 0 Å². The van der Waals surface area contributed by atoms with Crippen molar-refractivity contribution in [3.8, 4) is 0 Å². The lowest BCUT2D eigenvalue weighted by Crippen LogP contribution is -2.04. The van der Waals surface area contributed by atoms with Crippen LogP contribution in [-0.2, 0) is 4.74 Å². The molecule has 1 nitrogen and oxygen atoms in total. The standard InChI is InChI=1S/C8H13BrO/c1-7-4-5-8(10-7)3-2-6-9/h2-3,7-8H,4-6H2,1H3/b3-2+. The number of halogens is 1. The van der Waals surface area contributed by atoms with Crippen molar-refractivity contribution in [1.82, 2.24) is 0 Å². The maximum Gasteiger partial charge on any atom is 0.0760 e. The molecule has 1 aliphatic heterocycles. The Kier molecular flexibility index (Phi) is 3.43. The summed E-state index contributed by atoms with van der Waals surface area (Å²) in [4.78, 5) is 0. The third-order valence-electron chi connectivity index (χ3n) is 1.70. The Labute approximate surface area is 70.6 Å². The molecule has 0 spiro atoms. The maximum absolute atomic E-state index is 5.56. The first kappa shape index (κ1) is 8.28. The molecule has 10 heavy (non-hydrogen) atoms. The van der Waals surface area contributed by atoms with Gasteiger partial charge in [-0.15, -0.1) is 0 Å². The van der Waals surface area contributed by atoms with E-state index in [-0.39, 0.29) is 0 Å². The fourth-order valence-electron chi connectivity index (χ4n) is 1.18. The highest BCUT2D eigenvalue weighted by Gasteiger charge is 2.18. The van der Waals surface area contributed by atoms with Crippen LogP contribution in [0.4, 0.5) is 0 Å². The Morgan fingerprint density at radius 1 is 1.60 bits per heavy atom. The summed E-state index contributed by atoms with van der Waals surface area (Å²) in [6, 6.07) is 0. The van der Waals surface area contributed by atoms with E-state index in [4.69, 9.17) is 4.74 Å². The van der Waals surface area contributed by atoms with Gasteiger partial charge in [0.15, 0.2) is 0 Å². The fraction of sp³-hybridized carbons (Fsp3) is 0.750. The molecule has 1 saturated heterocycles. The van der Waals surface area contributed by atoms with Crippen LogP contribution in [0.3, 0.4) is 0 Å². The summed E-state index contributed by atoms with van der Waals surface area (Å²) in [5.74, 6) is 0. The lowest BCUT2D eigenvalue weighted by atomic mass is 10.2. The number of ether oxygens (including phenoxy) is 1. The van der Waals surface area contributed by atoms with Gasteiger partial charge in [-0.05, 0) is 19.8 Å². The molecule has 0 aliphatic carbocycles. The molecule has 2 heteroatoms. The van der Waals surface area contributed by atoms with Crippen LogP contribution in [0.15, 0.2) is 12.2 Å². The molecule has 0 bridgehead atoms. The van der Waals surface area contributed by atoms with Crippen LogP contribution in [0.5, 0.6) is 0 Å². The lowest BCUT2D eigenvalue weighted by molar-refractivity contribution is 0.0833. The van der Waals surface area contributed by atoms with Gasteiger partial charge in [-0.1, -0.05) is 28.1 Å². The van der Waals surface area contributed by atoms with Crippen molar-refractivity contribution in [3.63, 3.8) is 0 Å². The van der Waals surface area contributed by atoms with Crippen LogP contribution in [0.1, 0.15) is 19.8 Å². The van der Waals surface area contributed by atoms with E-state index in [1.165, 1.54) is 12.8 Å². The molecule has 58 valence electrons. The summed E-state index contributed by atoms with van der Waals surface area (Å²) in [5.41, 5.74) is 0. The molecule has 0 radical (unpaired) electrons. The third kappa shape index (κ3) is 2.43. The first-order chi connectivity index (χ1) is 4.83. The normalized spacial score (nSPS) is 33.8. The average molecular weight is 205 g/mol. The van der Waals surface area contributed by atoms with Gasteiger partial charge in [0.05, 0.1) is 12.2 Å². The highest BCUT2D eigenvalue weighted by Crippen LogP contribution is 2.19. The summed E-state index contributed by atoms with van der Waals surface area (Å²) in [7, 11) is 0. The first-order valence-electron chi connectivity index (χ1n) is 3.71. The highest BCUT2D eigenvalue weighted by molar-refractivity contribution is 9.09. The van der Waals surface area contributed by atoms with Crippen LogP contribution >= 0.6 is 15.9 Å². The summed E-state index contributed by atoms with van der Waals surface area (Å²) >= 11 is 3.33. The Balaban J connectivity index is 2.24. The van der Waals surface area contributed by atoms with E-state index in [9.17, 15) is 0 Å². The Morgan fingerprint density at radius 2 is 2.40 bits per heavy atom. The number of hydrogen-bond acceptors (Lipinski definition) is 1. The lowest BCUT2D eigenvalue weighted by Gasteiger charge is -2.03. The van der Waals surface area contributed by atoms with E-state index < -0.39 is 0 Å². The second-order valence-corrected chi connectivity index (χ2v) is 3.29. The minimum absolute atomic E-state index is 0.382. The highest BCUT2D eigenvalue weighted by atomic mass is 79.9. The molecule has 0 saturated carbocycles. The number of rotatable bonds is 2. The SMILES string of the molecule is CC1CCC(/C=C/CBr)O1. The molecule has 1 heterocycles. The van der Waals surface area contributed by atoms with E-state index in [0.717, 1.165) is 5.33 Å². The van der Waals surface area contributed by atoms with Crippen LogP contribution in [0.2, 0.25) is 0 Å². The minimum atomic E-state index is 0.382. The molecule has 2 atom stereocenters. The van der Waals surface area contributed by atoms with Crippen molar-refractivity contribution in [2.24, 2.45) is 0 Å². The van der Waals surface area contributed by atoms with Crippen LogP contribution < -0.4 is 0 Å². The van der Waals surface area contributed by atoms with E-state index in [0.29, 0.717) is 12.2 Å². The van der Waals surface area contributed by atoms with Gasteiger partial charge in [0.2, 0.25) is 0 Å². The van der Waals surface area contributed by atoms with Crippen molar-refractivity contribution in [3.05, 3.63) is 12.2 Å². The summed E-state index contributed by atoms with van der Waals surface area (Å²) in [5, 5.41) is 0.932. The number of hydrogen-bond donors (Lipinski definition) is 0. The van der Waals surface area contributed by atoms with Crippen molar-refractivity contribution < 1.29 is 4.74 Å². The van der Waals surface area contributed by atoms with E-state index in [2.05, 4.69) is 35.0 Å². The minimum Gasteiger partial charge on any atom is -0.371 e. The summed E-state index contributed by atoms with van der Waals surface area (Å²) in [6.45, 7) is 2.13. The Bertz CT molecular complexity index is 122. The molecular weight excluding hydrogens is 192 g/mol. The molecule has 0 aromatic heterocycles. The maximum atomic E-state index is 5.56. The van der Waals surface area contributed by atoms with Crippen molar-refractivity contribution in [2.75, 3.05) is 5.33 Å². The molecule has 1 fully saturated rings. The zero-order valence-corrected chi connectivity index (χ0v) is 7.80. The van der Waals surface area contributed by atoms with Crippen LogP contribution in [-0.4, -0.2) is 17.5 Å². The first-order valence-corrected chi connectivity index (χ1v) is 4.83. The summed E-state index contributed by atoms with van der Waals surface area (Å²) in [6.07, 6.45) is 7.47. The van der Waals surface area contributed by atoms with Crippen molar-refractivity contribution >= 4 is 15.9 Å². The number of allylic oxidation sites excluding steroid dienone is 1. The molecular formula is C8H13BrO. The zero-order valence-electron chi connectivity index (χ0n) is 6.22. The Morgan fingerprint density at radius 3 is 2.90 bits per heavy atom. The molecule has 0 N–H and O–H groups in total. The van der Waals surface area contributed by atoms with Gasteiger partial charge in [-0.3, -0.25) is 0 Å².